The summed E-state index contributed by atoms with van der Waals surface area (Å²) < 4.78 is 4.72. The summed E-state index contributed by atoms with van der Waals surface area (Å²) in [5.41, 5.74) is 0.815. The maximum Gasteiger partial charge on any atom is 0.328 e. The van der Waals surface area contributed by atoms with E-state index in [1.165, 1.54) is 7.11 Å². The summed E-state index contributed by atoms with van der Waals surface area (Å²) in [6.07, 6.45) is 0.557. The van der Waals surface area contributed by atoms with Crippen LogP contribution in [0.3, 0.4) is 0 Å². The quantitative estimate of drug-likeness (QED) is 0.620. The summed E-state index contributed by atoms with van der Waals surface area (Å²) in [6, 6.07) is 5.13. The predicted molar refractivity (Wildman–Crippen MR) is 99.0 cm³/mol. The summed E-state index contributed by atoms with van der Waals surface area (Å²) in [5.74, 6) is -1.45. The van der Waals surface area contributed by atoms with Crippen molar-refractivity contribution in [3.63, 3.8) is 0 Å². The fourth-order valence-electron chi connectivity index (χ4n) is 2.88. The van der Waals surface area contributed by atoms with Gasteiger partial charge in [-0.1, -0.05) is 26.0 Å². The van der Waals surface area contributed by atoms with Crippen LogP contribution >= 0.6 is 0 Å². The summed E-state index contributed by atoms with van der Waals surface area (Å²) >= 11 is 0. The van der Waals surface area contributed by atoms with Crippen molar-refractivity contribution in [1.29, 1.82) is 0 Å². The number of esters is 1. The third-order valence-electron chi connectivity index (χ3n) is 4.24. The summed E-state index contributed by atoms with van der Waals surface area (Å²) in [6.45, 7) is 3.87. The molecule has 3 N–H and O–H groups in total. The average molecular weight is 375 g/mol. The second kappa shape index (κ2) is 9.16. The molecule has 0 saturated heterocycles. The molecule has 2 rings (SSSR count). The van der Waals surface area contributed by atoms with Gasteiger partial charge in [-0.3, -0.25) is 14.4 Å². The topological polar surface area (TPSA) is 114 Å². The lowest BCUT2D eigenvalue weighted by Crippen LogP contribution is -2.44. The van der Waals surface area contributed by atoms with E-state index in [4.69, 9.17) is 4.74 Å². The number of benzene rings is 1. The number of amides is 3. The maximum absolute atomic E-state index is 12.3. The van der Waals surface area contributed by atoms with Crippen LogP contribution in [0.5, 0.6) is 0 Å². The Labute approximate surface area is 158 Å². The minimum Gasteiger partial charge on any atom is -0.467 e. The zero-order valence-corrected chi connectivity index (χ0v) is 15.7. The van der Waals surface area contributed by atoms with E-state index in [0.717, 1.165) is 0 Å². The van der Waals surface area contributed by atoms with Crippen LogP contribution in [0.1, 0.15) is 43.5 Å². The molecule has 0 radical (unpaired) electrons. The standard InChI is InChI=1S/C19H25N3O5/c1-11(2)10-15(19(26)27-3)20-16(23)9-8-14-18(25)21-13-7-5-4-6-12(13)17(24)22-14/h4-7,11,14-15H,8-10H2,1-3H3,(H,20,23)(H,21,25)(H,22,24)/t14-,15+/m1/s1. The molecule has 0 unspecified atom stereocenters. The molecule has 1 aliphatic heterocycles. The lowest BCUT2D eigenvalue weighted by molar-refractivity contribution is -0.145. The normalized spacial score (nSPS) is 17.3. The van der Waals surface area contributed by atoms with Crippen molar-refractivity contribution in [2.24, 2.45) is 5.92 Å². The van der Waals surface area contributed by atoms with E-state index < -0.39 is 18.1 Å². The van der Waals surface area contributed by atoms with E-state index in [1.807, 2.05) is 13.8 Å². The van der Waals surface area contributed by atoms with Crippen molar-refractivity contribution < 1.29 is 23.9 Å². The Balaban J connectivity index is 1.95. The summed E-state index contributed by atoms with van der Waals surface area (Å²) in [5, 5.41) is 7.97. The van der Waals surface area contributed by atoms with E-state index in [2.05, 4.69) is 16.0 Å². The Hall–Kier alpha value is -2.90. The molecule has 0 fully saturated rings. The molecule has 8 heteroatoms. The number of carbonyl (C=O) groups is 4. The Bertz CT molecular complexity index is 732. The zero-order valence-electron chi connectivity index (χ0n) is 15.7. The molecule has 0 saturated carbocycles. The van der Waals surface area contributed by atoms with Gasteiger partial charge in [-0.05, 0) is 30.9 Å². The van der Waals surface area contributed by atoms with Crippen LogP contribution in [0.15, 0.2) is 24.3 Å². The van der Waals surface area contributed by atoms with Gasteiger partial charge in [0.05, 0.1) is 18.4 Å². The van der Waals surface area contributed by atoms with E-state index >= 15 is 0 Å². The first kappa shape index (κ1) is 20.4. The Morgan fingerprint density at radius 2 is 1.93 bits per heavy atom. The number of hydrogen-bond donors (Lipinski definition) is 3. The van der Waals surface area contributed by atoms with Gasteiger partial charge in [-0.25, -0.2) is 4.79 Å². The first-order valence-electron chi connectivity index (χ1n) is 8.89. The van der Waals surface area contributed by atoms with E-state index in [9.17, 15) is 19.2 Å². The molecule has 3 amide bonds. The van der Waals surface area contributed by atoms with Gasteiger partial charge < -0.3 is 20.7 Å². The highest BCUT2D eigenvalue weighted by Crippen LogP contribution is 2.19. The molecule has 0 aliphatic carbocycles. The molecule has 27 heavy (non-hydrogen) atoms. The Morgan fingerprint density at radius 3 is 2.59 bits per heavy atom. The van der Waals surface area contributed by atoms with Crippen LogP contribution in [0.25, 0.3) is 0 Å². The van der Waals surface area contributed by atoms with Crippen molar-refractivity contribution in [3.05, 3.63) is 29.8 Å². The van der Waals surface area contributed by atoms with Crippen LogP contribution < -0.4 is 16.0 Å². The fourth-order valence-corrected chi connectivity index (χ4v) is 2.88. The molecule has 146 valence electrons. The highest BCUT2D eigenvalue weighted by Gasteiger charge is 2.29. The van der Waals surface area contributed by atoms with Gasteiger partial charge in [-0.2, -0.15) is 0 Å². The van der Waals surface area contributed by atoms with Crippen LogP contribution in [0.2, 0.25) is 0 Å². The van der Waals surface area contributed by atoms with Gasteiger partial charge >= 0.3 is 5.97 Å². The molecule has 0 spiro atoms. The first-order valence-corrected chi connectivity index (χ1v) is 8.89. The van der Waals surface area contributed by atoms with Crippen molar-refractivity contribution in [1.82, 2.24) is 10.6 Å². The fraction of sp³-hybridized carbons (Fsp3) is 0.474. The number of methoxy groups -OCH3 is 1. The maximum atomic E-state index is 12.3. The van der Waals surface area contributed by atoms with Gasteiger partial charge in [0.15, 0.2) is 0 Å². The molecule has 0 bridgehead atoms. The third kappa shape index (κ3) is 5.54. The molecule has 0 aromatic heterocycles. The Kier molecular flexibility index (Phi) is 6.92. The highest BCUT2D eigenvalue weighted by atomic mass is 16.5. The van der Waals surface area contributed by atoms with Crippen LogP contribution in [-0.2, 0) is 19.1 Å². The van der Waals surface area contributed by atoms with Crippen molar-refractivity contribution in [3.8, 4) is 0 Å². The largest absolute Gasteiger partial charge is 0.467 e. The molecule has 2 atom stereocenters. The lowest BCUT2D eigenvalue weighted by atomic mass is 10.0. The molecule has 1 aromatic carbocycles. The molecular weight excluding hydrogens is 350 g/mol. The lowest BCUT2D eigenvalue weighted by Gasteiger charge is -2.19. The van der Waals surface area contributed by atoms with Gasteiger partial charge in [0.2, 0.25) is 11.8 Å². The summed E-state index contributed by atoms with van der Waals surface area (Å²) in [7, 11) is 1.27. The van der Waals surface area contributed by atoms with Crippen molar-refractivity contribution in [2.75, 3.05) is 12.4 Å². The number of fused-ring (bicyclic) bond motifs is 1. The average Bonchev–Trinajstić information content (AvgIpc) is 2.74. The van der Waals surface area contributed by atoms with Crippen molar-refractivity contribution >= 4 is 29.4 Å². The number of anilines is 1. The van der Waals surface area contributed by atoms with Crippen LogP contribution in [0, 0.1) is 5.92 Å². The number of nitrogens with one attached hydrogen (secondary N) is 3. The third-order valence-corrected chi connectivity index (χ3v) is 4.24. The molecule has 1 aromatic rings. The SMILES string of the molecule is COC(=O)[C@H](CC(C)C)NC(=O)CC[C@H]1NC(=O)c2ccccc2NC1=O. The van der Waals surface area contributed by atoms with E-state index in [-0.39, 0.29) is 36.5 Å². The molecular formula is C19H25N3O5. The second-order valence-electron chi connectivity index (χ2n) is 6.87. The second-order valence-corrected chi connectivity index (χ2v) is 6.87. The molecule has 8 nitrogen and oxygen atoms in total. The van der Waals surface area contributed by atoms with E-state index in [0.29, 0.717) is 17.7 Å². The minimum absolute atomic E-state index is 0.0136. The zero-order chi connectivity index (χ0) is 20.0. The number of ether oxygens (including phenoxy) is 1. The highest BCUT2D eigenvalue weighted by molar-refractivity contribution is 6.09. The van der Waals surface area contributed by atoms with E-state index in [1.54, 1.807) is 24.3 Å². The first-order chi connectivity index (χ1) is 12.8. The van der Waals surface area contributed by atoms with Gasteiger partial charge in [0.1, 0.15) is 12.1 Å². The van der Waals surface area contributed by atoms with Gasteiger partial charge in [0.25, 0.3) is 5.91 Å². The number of rotatable bonds is 7. The van der Waals surface area contributed by atoms with Gasteiger partial charge in [0, 0.05) is 6.42 Å². The number of carbonyl (C=O) groups excluding carboxylic acids is 4. The number of hydrogen-bond acceptors (Lipinski definition) is 5. The van der Waals surface area contributed by atoms with Crippen LogP contribution in [0.4, 0.5) is 5.69 Å². The summed E-state index contributed by atoms with van der Waals surface area (Å²) in [4.78, 5) is 48.6. The molecule has 1 aliphatic rings. The Morgan fingerprint density at radius 1 is 1.22 bits per heavy atom. The monoisotopic (exact) mass is 375 g/mol. The van der Waals surface area contributed by atoms with Crippen molar-refractivity contribution in [2.45, 2.75) is 45.2 Å². The molecule has 1 heterocycles. The van der Waals surface area contributed by atoms with Gasteiger partial charge in [-0.15, -0.1) is 0 Å². The predicted octanol–water partition coefficient (Wildman–Crippen LogP) is 1.22. The smallest absolute Gasteiger partial charge is 0.328 e. The minimum atomic E-state index is -0.836. The number of para-hydroxylation sites is 1. The van der Waals surface area contributed by atoms with Crippen LogP contribution in [-0.4, -0.2) is 42.9 Å².